The molecule has 0 rings (SSSR count). The molecule has 0 aromatic rings. The molecule has 64 valence electrons. The number of aliphatic carboxylic acids is 1. The Labute approximate surface area is 114 Å². The first-order chi connectivity index (χ1) is 4.42. The van der Waals surface area contributed by atoms with Crippen LogP contribution in [0, 0.1) is 0 Å². The van der Waals surface area contributed by atoms with Gasteiger partial charge in [0.15, 0.2) is 0 Å². The van der Waals surface area contributed by atoms with Crippen molar-refractivity contribution in [2.75, 3.05) is 12.8 Å². The molecule has 12 heavy (non-hydrogen) atoms. The molecule has 0 unspecified atom stereocenters. The van der Waals surface area contributed by atoms with Gasteiger partial charge in [0.25, 0.3) is 0 Å². The maximum atomic E-state index is 10.1. The molecule has 0 atom stereocenters. The summed E-state index contributed by atoms with van der Waals surface area (Å²) in [6.45, 7) is -0.439. The van der Waals surface area contributed by atoms with E-state index in [1.165, 1.54) is 0 Å². The van der Waals surface area contributed by atoms with Crippen molar-refractivity contribution in [2.24, 2.45) is 0 Å². The summed E-state index contributed by atoms with van der Waals surface area (Å²) in [6, 6.07) is 0. The van der Waals surface area contributed by atoms with Crippen molar-refractivity contribution < 1.29 is 24.3 Å². The molecule has 0 bridgehead atoms. The van der Waals surface area contributed by atoms with Crippen molar-refractivity contribution in [2.45, 2.75) is 0 Å². The van der Waals surface area contributed by atoms with Gasteiger partial charge in [-0.15, -0.1) is 0 Å². The molecule has 0 aliphatic heterocycles. The number of rotatable bonds is 4. The molecule has 9 heteroatoms. The zero-order valence-electron chi connectivity index (χ0n) is 5.02. The SMILES string of the molecule is O=C(O)CNCP(=O)(O)O.[NaH].[NaH]. The topological polar surface area (TPSA) is 107 Å². The van der Waals surface area contributed by atoms with E-state index in [-0.39, 0.29) is 59.1 Å². The second kappa shape index (κ2) is 9.15. The first-order valence-corrected chi connectivity index (χ1v) is 4.18. The van der Waals surface area contributed by atoms with E-state index >= 15 is 0 Å². The molecular formula is C3H10NNa2O5P. The van der Waals surface area contributed by atoms with Crippen LogP contribution in [0.15, 0.2) is 0 Å². The van der Waals surface area contributed by atoms with Crippen molar-refractivity contribution >= 4 is 72.7 Å². The third-order valence-electron chi connectivity index (χ3n) is 0.594. The predicted octanol–water partition coefficient (Wildman–Crippen LogP) is -2.50. The van der Waals surface area contributed by atoms with Crippen LogP contribution in [-0.2, 0) is 9.36 Å². The summed E-state index contributed by atoms with van der Waals surface area (Å²) >= 11 is 0. The van der Waals surface area contributed by atoms with Gasteiger partial charge in [-0.2, -0.15) is 0 Å². The number of carboxylic acid groups (broad SMARTS) is 1. The molecule has 0 heterocycles. The summed E-state index contributed by atoms with van der Waals surface area (Å²) in [6.07, 6.45) is -0.598. The molecule has 0 fully saturated rings. The van der Waals surface area contributed by atoms with Crippen LogP contribution < -0.4 is 5.32 Å². The molecule has 0 aliphatic rings. The van der Waals surface area contributed by atoms with E-state index in [9.17, 15) is 9.36 Å². The summed E-state index contributed by atoms with van der Waals surface area (Å²) in [5.41, 5.74) is 0. The molecule has 0 amide bonds. The van der Waals surface area contributed by atoms with Crippen LogP contribution in [0.4, 0.5) is 0 Å². The van der Waals surface area contributed by atoms with Gasteiger partial charge < -0.3 is 14.9 Å². The van der Waals surface area contributed by atoms with Crippen LogP contribution >= 0.6 is 7.60 Å². The second-order valence-corrected chi connectivity index (χ2v) is 3.29. The summed E-state index contributed by atoms with van der Waals surface area (Å²) in [4.78, 5) is 26.1. The number of nitrogens with one attached hydrogen (secondary N) is 1. The molecule has 0 aromatic heterocycles. The normalized spacial score (nSPS) is 9.50. The number of hydrogen-bond donors (Lipinski definition) is 4. The van der Waals surface area contributed by atoms with Crippen molar-refractivity contribution in [3.05, 3.63) is 0 Å². The standard InChI is InChI=1S/C3H8NO5P.2Na.2H/c5-3(6)1-4-2-10(7,8)9;;;;/h4H,1-2H2,(H,5,6)(H2,7,8,9);;;;. The fraction of sp³-hybridized carbons (Fsp3) is 0.667. The molecule has 0 aliphatic carbocycles. The maximum absolute atomic E-state index is 10.1. The van der Waals surface area contributed by atoms with E-state index in [4.69, 9.17) is 14.9 Å². The summed E-state index contributed by atoms with van der Waals surface area (Å²) in [5, 5.41) is 10.1. The first kappa shape index (κ1) is 19.2. The van der Waals surface area contributed by atoms with Crippen LogP contribution in [0.5, 0.6) is 0 Å². The molecular weight excluding hydrogens is 207 g/mol. The average molecular weight is 217 g/mol. The third kappa shape index (κ3) is 17.6. The third-order valence-corrected chi connectivity index (χ3v) is 1.23. The first-order valence-electron chi connectivity index (χ1n) is 2.39. The molecule has 0 saturated carbocycles. The Kier molecular flexibility index (Phi) is 14.6. The molecule has 6 nitrogen and oxygen atoms in total. The average Bonchev–Trinajstić information content (AvgIpc) is 1.59. The van der Waals surface area contributed by atoms with Crippen LogP contribution in [0.3, 0.4) is 0 Å². The Balaban J connectivity index is -0.000000405. The van der Waals surface area contributed by atoms with Gasteiger partial charge in [-0.25, -0.2) is 0 Å². The minimum absolute atomic E-state index is 0. The van der Waals surface area contributed by atoms with Gasteiger partial charge in [0.05, 0.1) is 12.8 Å². The monoisotopic (exact) mass is 217 g/mol. The Bertz CT molecular complexity index is 170. The van der Waals surface area contributed by atoms with Gasteiger partial charge in [0.2, 0.25) is 0 Å². The molecule has 0 spiro atoms. The van der Waals surface area contributed by atoms with Crippen molar-refractivity contribution in [1.29, 1.82) is 0 Å². The van der Waals surface area contributed by atoms with Crippen LogP contribution in [0.25, 0.3) is 0 Å². The Hall–Kier alpha value is 1.58. The van der Waals surface area contributed by atoms with E-state index < -0.39 is 26.4 Å². The zero-order chi connectivity index (χ0) is 8.20. The van der Waals surface area contributed by atoms with Crippen molar-refractivity contribution in [3.8, 4) is 0 Å². The van der Waals surface area contributed by atoms with Gasteiger partial charge in [-0.3, -0.25) is 14.7 Å². The second-order valence-electron chi connectivity index (χ2n) is 1.64. The Morgan fingerprint density at radius 1 is 1.33 bits per heavy atom. The fourth-order valence-corrected chi connectivity index (χ4v) is 0.712. The predicted molar refractivity (Wildman–Crippen MR) is 46.8 cm³/mol. The number of carboxylic acids is 1. The summed E-state index contributed by atoms with van der Waals surface area (Å²) < 4.78 is 10.1. The summed E-state index contributed by atoms with van der Waals surface area (Å²) in [5.74, 6) is -1.14. The van der Waals surface area contributed by atoms with E-state index in [0.29, 0.717) is 0 Å². The quantitative estimate of drug-likeness (QED) is 0.306. The van der Waals surface area contributed by atoms with Crippen molar-refractivity contribution in [1.82, 2.24) is 5.32 Å². The van der Waals surface area contributed by atoms with E-state index in [1.807, 2.05) is 0 Å². The van der Waals surface area contributed by atoms with Gasteiger partial charge in [-0.05, 0) is 0 Å². The molecule has 0 aromatic carbocycles. The van der Waals surface area contributed by atoms with Crippen LogP contribution in [0.2, 0.25) is 0 Å². The number of carbonyl (C=O) groups is 1. The molecule has 4 N–H and O–H groups in total. The Morgan fingerprint density at radius 3 is 2.00 bits per heavy atom. The van der Waals surface area contributed by atoms with Crippen LogP contribution in [0.1, 0.15) is 0 Å². The minimum atomic E-state index is -4.10. The van der Waals surface area contributed by atoms with E-state index in [0.717, 1.165) is 0 Å². The fourth-order valence-electron chi connectivity index (χ4n) is 0.308. The van der Waals surface area contributed by atoms with E-state index in [1.54, 1.807) is 0 Å². The van der Waals surface area contributed by atoms with Gasteiger partial charge in [0, 0.05) is 0 Å². The van der Waals surface area contributed by atoms with Gasteiger partial charge in [-0.1, -0.05) is 0 Å². The van der Waals surface area contributed by atoms with Crippen molar-refractivity contribution in [3.63, 3.8) is 0 Å². The van der Waals surface area contributed by atoms with Gasteiger partial charge >= 0.3 is 72.7 Å². The zero-order valence-corrected chi connectivity index (χ0v) is 5.91. The van der Waals surface area contributed by atoms with Gasteiger partial charge in [0.1, 0.15) is 0 Å². The summed E-state index contributed by atoms with van der Waals surface area (Å²) in [7, 11) is -4.10. The van der Waals surface area contributed by atoms with E-state index in [2.05, 4.69) is 5.32 Å². The molecule has 0 saturated heterocycles. The Morgan fingerprint density at radius 2 is 1.75 bits per heavy atom. The molecule has 0 radical (unpaired) electrons. The number of hydrogen-bond acceptors (Lipinski definition) is 3. The van der Waals surface area contributed by atoms with Crippen LogP contribution in [-0.4, -0.2) is 92.8 Å².